The SMILES string of the molecule is C=CCOc1ccc(/C=N\NC(=O)C(=O)Nc2ccc([N+](=O)[O-])cc2)cc1OC. The zero-order chi connectivity index (χ0) is 21.2. The summed E-state index contributed by atoms with van der Waals surface area (Å²) in [5.41, 5.74) is 2.80. The number of anilines is 1. The maximum Gasteiger partial charge on any atom is 0.329 e. The van der Waals surface area contributed by atoms with Crippen LogP contribution in [-0.2, 0) is 9.59 Å². The van der Waals surface area contributed by atoms with Gasteiger partial charge in [0.1, 0.15) is 6.61 Å². The minimum atomic E-state index is -1.00. The van der Waals surface area contributed by atoms with Gasteiger partial charge in [-0.3, -0.25) is 19.7 Å². The Bertz CT molecular complexity index is 940. The number of methoxy groups -OCH3 is 1. The van der Waals surface area contributed by atoms with Crippen molar-refractivity contribution in [3.8, 4) is 11.5 Å². The van der Waals surface area contributed by atoms with Crippen LogP contribution in [0.5, 0.6) is 11.5 Å². The number of nitrogens with one attached hydrogen (secondary N) is 2. The number of hydrogen-bond donors (Lipinski definition) is 2. The first kappa shape index (κ1) is 21.1. The van der Waals surface area contributed by atoms with Gasteiger partial charge in [-0.25, -0.2) is 5.43 Å². The van der Waals surface area contributed by atoms with Crippen LogP contribution in [0.2, 0.25) is 0 Å². The highest BCUT2D eigenvalue weighted by Crippen LogP contribution is 2.27. The summed E-state index contributed by atoms with van der Waals surface area (Å²) < 4.78 is 10.7. The number of ether oxygens (including phenoxy) is 2. The van der Waals surface area contributed by atoms with Gasteiger partial charge in [0.15, 0.2) is 11.5 Å². The molecule has 2 aromatic carbocycles. The summed E-state index contributed by atoms with van der Waals surface area (Å²) in [6.45, 7) is 3.89. The molecule has 0 aromatic heterocycles. The second-order valence-electron chi connectivity index (χ2n) is 5.47. The van der Waals surface area contributed by atoms with E-state index < -0.39 is 16.7 Å². The van der Waals surface area contributed by atoms with Gasteiger partial charge in [0.05, 0.1) is 18.2 Å². The van der Waals surface area contributed by atoms with Crippen molar-refractivity contribution in [2.75, 3.05) is 19.0 Å². The van der Waals surface area contributed by atoms with E-state index in [4.69, 9.17) is 9.47 Å². The molecular weight excluding hydrogens is 380 g/mol. The van der Waals surface area contributed by atoms with E-state index in [1.807, 2.05) is 0 Å². The van der Waals surface area contributed by atoms with Crippen LogP contribution in [0.3, 0.4) is 0 Å². The first-order chi connectivity index (χ1) is 13.9. The van der Waals surface area contributed by atoms with Crippen LogP contribution >= 0.6 is 0 Å². The lowest BCUT2D eigenvalue weighted by Gasteiger charge is -2.09. The molecule has 29 heavy (non-hydrogen) atoms. The molecule has 0 unspecified atom stereocenters. The van der Waals surface area contributed by atoms with Gasteiger partial charge in [-0.05, 0) is 35.9 Å². The summed E-state index contributed by atoms with van der Waals surface area (Å²) >= 11 is 0. The lowest BCUT2D eigenvalue weighted by atomic mass is 10.2. The molecule has 10 nitrogen and oxygen atoms in total. The second kappa shape index (κ2) is 10.2. The zero-order valence-corrected chi connectivity index (χ0v) is 15.5. The molecule has 10 heteroatoms. The van der Waals surface area contributed by atoms with E-state index in [2.05, 4.69) is 22.4 Å². The third-order valence-electron chi connectivity index (χ3n) is 3.47. The fourth-order valence-electron chi connectivity index (χ4n) is 2.10. The minimum Gasteiger partial charge on any atom is -0.493 e. The summed E-state index contributed by atoms with van der Waals surface area (Å²) in [7, 11) is 1.49. The van der Waals surface area contributed by atoms with Crippen molar-refractivity contribution < 1.29 is 24.0 Å². The maximum absolute atomic E-state index is 11.8. The Labute approximate surface area is 166 Å². The number of nitrogens with zero attached hydrogens (tertiary/aromatic N) is 2. The standard InChI is InChI=1S/C19H18N4O6/c1-3-10-29-16-9-4-13(11-17(16)28-2)12-20-22-19(25)18(24)21-14-5-7-15(8-6-14)23(26)27/h3-9,11-12H,1,10H2,2H3,(H,21,24)(H,22,25)/b20-12-. The average Bonchev–Trinajstić information content (AvgIpc) is 2.72. The number of hydrogen-bond acceptors (Lipinski definition) is 7. The van der Waals surface area contributed by atoms with E-state index in [-0.39, 0.29) is 11.4 Å². The van der Waals surface area contributed by atoms with Crippen LogP contribution in [0.4, 0.5) is 11.4 Å². The summed E-state index contributed by atoms with van der Waals surface area (Å²) in [5, 5.41) is 16.6. The van der Waals surface area contributed by atoms with Crippen molar-refractivity contribution in [3.63, 3.8) is 0 Å². The third-order valence-corrected chi connectivity index (χ3v) is 3.47. The Morgan fingerprint density at radius 3 is 2.52 bits per heavy atom. The molecule has 0 saturated carbocycles. The lowest BCUT2D eigenvalue weighted by Crippen LogP contribution is -2.32. The molecule has 0 aliphatic rings. The van der Waals surface area contributed by atoms with Gasteiger partial charge in [0.2, 0.25) is 0 Å². The van der Waals surface area contributed by atoms with Gasteiger partial charge >= 0.3 is 11.8 Å². The van der Waals surface area contributed by atoms with Gasteiger partial charge < -0.3 is 14.8 Å². The largest absolute Gasteiger partial charge is 0.493 e. The summed E-state index contributed by atoms with van der Waals surface area (Å²) in [5.74, 6) is -0.978. The number of carbonyl (C=O) groups excluding carboxylic acids is 2. The number of carbonyl (C=O) groups is 2. The molecule has 2 N–H and O–H groups in total. The van der Waals surface area contributed by atoms with E-state index in [1.54, 1.807) is 24.3 Å². The Hall–Kier alpha value is -4.21. The van der Waals surface area contributed by atoms with Crippen LogP contribution in [0.1, 0.15) is 5.56 Å². The van der Waals surface area contributed by atoms with Gasteiger partial charge in [-0.1, -0.05) is 12.7 Å². The second-order valence-corrected chi connectivity index (χ2v) is 5.47. The molecule has 2 amide bonds. The quantitative estimate of drug-likeness (QED) is 0.230. The van der Waals surface area contributed by atoms with Gasteiger partial charge in [-0.2, -0.15) is 5.10 Å². The van der Waals surface area contributed by atoms with Crippen LogP contribution in [0.15, 0.2) is 60.2 Å². The van der Waals surface area contributed by atoms with E-state index >= 15 is 0 Å². The third kappa shape index (κ3) is 6.17. The highest BCUT2D eigenvalue weighted by Gasteiger charge is 2.14. The van der Waals surface area contributed by atoms with Gasteiger partial charge in [-0.15, -0.1) is 0 Å². The number of nitro benzene ring substituents is 1. The van der Waals surface area contributed by atoms with Crippen LogP contribution in [0.25, 0.3) is 0 Å². The number of rotatable bonds is 8. The number of nitro groups is 1. The molecule has 0 saturated heterocycles. The topological polar surface area (TPSA) is 132 Å². The fourth-order valence-corrected chi connectivity index (χ4v) is 2.10. The van der Waals surface area contributed by atoms with Gasteiger partial charge in [0, 0.05) is 17.8 Å². The lowest BCUT2D eigenvalue weighted by molar-refractivity contribution is -0.384. The molecule has 0 aliphatic heterocycles. The molecule has 150 valence electrons. The normalized spacial score (nSPS) is 10.2. The Kier molecular flexibility index (Phi) is 7.43. The van der Waals surface area contributed by atoms with Crippen molar-refractivity contribution >= 4 is 29.4 Å². The van der Waals surface area contributed by atoms with Crippen molar-refractivity contribution in [1.29, 1.82) is 0 Å². The molecule has 0 spiro atoms. The van der Waals surface area contributed by atoms with Crippen molar-refractivity contribution in [1.82, 2.24) is 5.43 Å². The van der Waals surface area contributed by atoms with E-state index in [9.17, 15) is 19.7 Å². The van der Waals surface area contributed by atoms with E-state index in [1.165, 1.54) is 37.6 Å². The van der Waals surface area contributed by atoms with Crippen molar-refractivity contribution in [2.45, 2.75) is 0 Å². The first-order valence-corrected chi connectivity index (χ1v) is 8.25. The van der Waals surface area contributed by atoms with Crippen LogP contribution < -0.4 is 20.2 Å². The average molecular weight is 398 g/mol. The molecule has 0 bridgehead atoms. The molecule has 0 heterocycles. The Balaban J connectivity index is 1.93. The highest BCUT2D eigenvalue weighted by atomic mass is 16.6. The monoisotopic (exact) mass is 398 g/mol. The number of amides is 2. The first-order valence-electron chi connectivity index (χ1n) is 8.25. The van der Waals surface area contributed by atoms with Crippen LogP contribution in [0, 0.1) is 10.1 Å². The van der Waals surface area contributed by atoms with E-state index in [0.29, 0.717) is 23.7 Å². The maximum atomic E-state index is 11.8. The molecule has 0 atom stereocenters. The minimum absolute atomic E-state index is 0.131. The smallest absolute Gasteiger partial charge is 0.329 e. The highest BCUT2D eigenvalue weighted by molar-refractivity contribution is 6.39. The summed E-state index contributed by atoms with van der Waals surface area (Å²) in [6.07, 6.45) is 2.93. The Morgan fingerprint density at radius 2 is 1.90 bits per heavy atom. The number of non-ortho nitro benzene ring substituents is 1. The van der Waals surface area contributed by atoms with E-state index in [0.717, 1.165) is 0 Å². The van der Waals surface area contributed by atoms with Crippen molar-refractivity contribution in [3.05, 3.63) is 70.8 Å². The number of benzene rings is 2. The molecular formula is C19H18N4O6. The molecule has 0 fully saturated rings. The molecule has 2 aromatic rings. The van der Waals surface area contributed by atoms with Crippen LogP contribution in [-0.4, -0.2) is 36.7 Å². The van der Waals surface area contributed by atoms with Gasteiger partial charge in [0.25, 0.3) is 5.69 Å². The fraction of sp³-hybridized carbons (Fsp3) is 0.105. The molecule has 2 rings (SSSR count). The predicted octanol–water partition coefficient (Wildman–Crippen LogP) is 2.26. The summed E-state index contributed by atoms with van der Waals surface area (Å²) in [4.78, 5) is 33.7. The zero-order valence-electron chi connectivity index (χ0n) is 15.5. The molecule has 0 radical (unpaired) electrons. The number of hydrazone groups is 1. The van der Waals surface area contributed by atoms with Crippen molar-refractivity contribution in [2.24, 2.45) is 5.10 Å². The predicted molar refractivity (Wildman–Crippen MR) is 106 cm³/mol. The molecule has 0 aliphatic carbocycles. The summed E-state index contributed by atoms with van der Waals surface area (Å²) in [6, 6.07) is 10.1. The Morgan fingerprint density at radius 1 is 1.17 bits per heavy atom.